The maximum absolute atomic E-state index is 4.32. The molecule has 0 N–H and O–H groups in total. The first-order valence-electron chi connectivity index (χ1n) is 11.8. The van der Waals surface area contributed by atoms with Crippen LogP contribution in [0.15, 0.2) is 95.5 Å². The van der Waals surface area contributed by atoms with E-state index in [0.717, 1.165) is 11.7 Å². The molecule has 3 aliphatic carbocycles. The van der Waals surface area contributed by atoms with Gasteiger partial charge in [0.25, 0.3) is 0 Å². The molecule has 156 valence electrons. The number of hydrogen-bond donors (Lipinski definition) is 0. The first-order valence-corrected chi connectivity index (χ1v) is 13.6. The van der Waals surface area contributed by atoms with Crippen molar-refractivity contribution < 1.29 is 0 Å². The molecule has 5 unspecified atom stereocenters. The van der Waals surface area contributed by atoms with E-state index in [2.05, 4.69) is 100 Å². The highest BCUT2D eigenvalue weighted by Crippen LogP contribution is 3.05. The molecule has 5 aliphatic rings. The van der Waals surface area contributed by atoms with Crippen LogP contribution in [0.1, 0.15) is 44.7 Å². The van der Waals surface area contributed by atoms with Crippen molar-refractivity contribution in [3.8, 4) is 11.1 Å². The third-order valence-corrected chi connectivity index (χ3v) is 14.9. The Bertz CT molecular complexity index is 1230. The van der Waals surface area contributed by atoms with Crippen LogP contribution in [0.25, 0.3) is 11.1 Å². The molecule has 1 saturated heterocycles. The van der Waals surface area contributed by atoms with Crippen LogP contribution in [-0.4, -0.2) is 15.2 Å². The van der Waals surface area contributed by atoms with E-state index < -0.39 is 10.0 Å². The molecule has 2 spiro atoms. The molecule has 2 heterocycles. The summed E-state index contributed by atoms with van der Waals surface area (Å²) in [6.45, 7) is 11.5. The Morgan fingerprint density at radius 3 is 2.23 bits per heavy atom. The number of benzene rings is 2. The van der Waals surface area contributed by atoms with Gasteiger partial charge in [-0.25, -0.2) is 0 Å². The molecule has 1 saturated carbocycles. The normalized spacial score (nSPS) is 38.8. The van der Waals surface area contributed by atoms with Crippen LogP contribution in [0.3, 0.4) is 0 Å². The summed E-state index contributed by atoms with van der Waals surface area (Å²) >= 11 is 0. The lowest BCUT2D eigenvalue weighted by Crippen LogP contribution is -2.60. The maximum atomic E-state index is 4.32. The average Bonchev–Trinajstić information content (AvgIpc) is 3.05. The fourth-order valence-electron chi connectivity index (χ4n) is 8.84. The lowest BCUT2D eigenvalue weighted by atomic mass is 9.47. The second-order valence-corrected chi connectivity index (χ2v) is 14.0. The molecule has 0 nitrogen and oxygen atoms in total. The Labute approximate surface area is 187 Å². The van der Waals surface area contributed by atoms with Gasteiger partial charge in [0, 0.05) is 20.7 Å². The summed E-state index contributed by atoms with van der Waals surface area (Å²) in [7, 11) is -0.949. The van der Waals surface area contributed by atoms with Crippen molar-refractivity contribution in [3.63, 3.8) is 0 Å². The van der Waals surface area contributed by atoms with E-state index in [1.807, 2.05) is 0 Å². The molecule has 2 aromatic rings. The number of fused-ring (bicyclic) bond motifs is 11. The van der Waals surface area contributed by atoms with Crippen LogP contribution in [0.4, 0.5) is 0 Å². The fraction of sp³-hybridized carbons (Fsp3) is 0.333. The van der Waals surface area contributed by atoms with Crippen LogP contribution >= 0.6 is 10.0 Å². The van der Waals surface area contributed by atoms with E-state index >= 15 is 0 Å². The minimum atomic E-state index is -0.949. The molecule has 0 amide bonds. The summed E-state index contributed by atoms with van der Waals surface area (Å²) in [5.41, 5.74) is 9.36. The quantitative estimate of drug-likeness (QED) is 0.352. The second kappa shape index (κ2) is 5.56. The standard InChI is InChI=1S/C30H30S/c1-5-15-29-28(31(29)20(4)18-21-16-19(3)17-27(21)31)24(6-2)30(29)25-13-9-7-11-22(25)23-12-8-10-14-26(23)30/h5,7-14,16-18,24,27-28H,1,6,15H2,2-4H3. The van der Waals surface area contributed by atoms with Crippen LogP contribution in [0.5, 0.6) is 0 Å². The van der Waals surface area contributed by atoms with Gasteiger partial charge < -0.3 is 0 Å². The van der Waals surface area contributed by atoms with E-state index in [9.17, 15) is 0 Å². The summed E-state index contributed by atoms with van der Waals surface area (Å²) in [6.07, 6.45) is 12.3. The van der Waals surface area contributed by atoms with E-state index in [1.165, 1.54) is 23.1 Å². The largest absolute Gasteiger partial charge is 0.195 e. The first-order chi connectivity index (χ1) is 15.1. The molecular weight excluding hydrogens is 392 g/mol. The fourth-order valence-corrected chi connectivity index (χ4v) is 16.2. The SMILES string of the molecule is C=CCC12C(C(CC)C13c1ccccc1-c1ccccc13)S21C(C)=CC2=CC(C)=CC21. The minimum Gasteiger partial charge on any atom is -0.195 e. The Morgan fingerprint density at radius 2 is 1.61 bits per heavy atom. The van der Waals surface area contributed by atoms with Crippen molar-refractivity contribution in [1.29, 1.82) is 0 Å². The zero-order chi connectivity index (χ0) is 21.2. The van der Waals surface area contributed by atoms with Gasteiger partial charge in [0.05, 0.1) is 0 Å². The molecule has 1 heteroatoms. The third kappa shape index (κ3) is 1.58. The smallest absolute Gasteiger partial charge is 0.0402 e. The third-order valence-electron chi connectivity index (χ3n) is 9.32. The Morgan fingerprint density at radius 1 is 0.968 bits per heavy atom. The number of allylic oxidation sites excluding steroid dienone is 5. The maximum Gasteiger partial charge on any atom is 0.0402 e. The van der Waals surface area contributed by atoms with Gasteiger partial charge in [-0.15, -0.1) is 6.58 Å². The molecule has 0 aromatic heterocycles. The van der Waals surface area contributed by atoms with Crippen LogP contribution in [-0.2, 0) is 5.41 Å². The second-order valence-electron chi connectivity index (χ2n) is 10.2. The monoisotopic (exact) mass is 422 g/mol. The summed E-state index contributed by atoms with van der Waals surface area (Å²) in [5, 5.41) is 1.45. The number of hydrogen-bond acceptors (Lipinski definition) is 0. The summed E-state index contributed by atoms with van der Waals surface area (Å²) < 4.78 is 0.313. The van der Waals surface area contributed by atoms with Crippen LogP contribution in [0.2, 0.25) is 0 Å². The zero-order valence-electron chi connectivity index (χ0n) is 18.7. The number of rotatable bonds is 3. The van der Waals surface area contributed by atoms with Gasteiger partial charge in [0.2, 0.25) is 0 Å². The van der Waals surface area contributed by atoms with Crippen molar-refractivity contribution in [2.24, 2.45) is 5.92 Å². The van der Waals surface area contributed by atoms with Gasteiger partial charge in [-0.1, -0.05) is 85.7 Å². The Kier molecular flexibility index (Phi) is 3.29. The van der Waals surface area contributed by atoms with Gasteiger partial charge in [0.1, 0.15) is 0 Å². The molecule has 0 bridgehead atoms. The Hall–Kier alpha value is -2.25. The van der Waals surface area contributed by atoms with E-state index in [1.54, 1.807) is 21.6 Å². The van der Waals surface area contributed by atoms with Crippen LogP contribution < -0.4 is 0 Å². The van der Waals surface area contributed by atoms with Gasteiger partial charge in [-0.3, -0.25) is 0 Å². The lowest BCUT2D eigenvalue weighted by Gasteiger charge is -2.54. The molecule has 2 fully saturated rings. The molecule has 5 atom stereocenters. The lowest BCUT2D eigenvalue weighted by molar-refractivity contribution is 0.151. The minimum absolute atomic E-state index is 0.137. The van der Waals surface area contributed by atoms with Gasteiger partial charge >= 0.3 is 0 Å². The van der Waals surface area contributed by atoms with Crippen molar-refractivity contribution in [2.75, 3.05) is 0 Å². The molecule has 7 rings (SSSR count). The van der Waals surface area contributed by atoms with Gasteiger partial charge in [0.15, 0.2) is 0 Å². The van der Waals surface area contributed by atoms with Crippen molar-refractivity contribution in [1.82, 2.24) is 0 Å². The van der Waals surface area contributed by atoms with Crippen molar-refractivity contribution >= 4 is 10.0 Å². The zero-order valence-corrected chi connectivity index (χ0v) is 19.5. The van der Waals surface area contributed by atoms with Crippen molar-refractivity contribution in [2.45, 2.75) is 54.3 Å². The first kappa shape index (κ1) is 18.3. The van der Waals surface area contributed by atoms with E-state index in [4.69, 9.17) is 0 Å². The predicted octanol–water partition coefficient (Wildman–Crippen LogP) is 7.67. The summed E-state index contributed by atoms with van der Waals surface area (Å²) in [6, 6.07) is 18.7. The molecule has 31 heavy (non-hydrogen) atoms. The molecule has 2 aliphatic heterocycles. The van der Waals surface area contributed by atoms with E-state index in [-0.39, 0.29) is 5.41 Å². The summed E-state index contributed by atoms with van der Waals surface area (Å²) in [5.74, 6) is 0.712. The van der Waals surface area contributed by atoms with Gasteiger partial charge in [-0.05, 0) is 65.0 Å². The molecule has 2 aromatic carbocycles. The topological polar surface area (TPSA) is 0 Å². The highest BCUT2D eigenvalue weighted by atomic mass is 32.3. The summed E-state index contributed by atoms with van der Waals surface area (Å²) in [4.78, 5) is 1.71. The van der Waals surface area contributed by atoms with Crippen molar-refractivity contribution in [3.05, 3.63) is 107 Å². The highest BCUT2D eigenvalue weighted by Gasteiger charge is 2.94. The Balaban J connectivity index is 1.58. The van der Waals surface area contributed by atoms with E-state index in [0.29, 0.717) is 15.9 Å². The van der Waals surface area contributed by atoms with Gasteiger partial charge in [-0.2, -0.15) is 10.0 Å². The molecular formula is C30H30S. The average molecular weight is 423 g/mol. The molecule has 0 radical (unpaired) electrons. The highest BCUT2D eigenvalue weighted by molar-refractivity contribution is 8.45. The predicted molar refractivity (Wildman–Crippen MR) is 135 cm³/mol. The van der Waals surface area contributed by atoms with Crippen LogP contribution in [0, 0.1) is 5.92 Å².